The van der Waals surface area contributed by atoms with Crippen molar-refractivity contribution in [1.29, 1.82) is 0 Å². The van der Waals surface area contributed by atoms with E-state index in [-0.39, 0.29) is 25.1 Å². The van der Waals surface area contributed by atoms with Gasteiger partial charge in [-0.15, -0.1) is 0 Å². The molecule has 0 bridgehead atoms. The van der Waals surface area contributed by atoms with E-state index in [9.17, 15) is 9.59 Å². The number of methoxy groups -OCH3 is 1. The lowest BCUT2D eigenvalue weighted by Gasteiger charge is -2.12. The zero-order chi connectivity index (χ0) is 12.7. The molecule has 0 saturated carbocycles. The fourth-order valence-corrected chi connectivity index (χ4v) is 1.50. The van der Waals surface area contributed by atoms with E-state index in [0.29, 0.717) is 19.7 Å². The number of nitrogens with one attached hydrogen (secondary N) is 1. The molecule has 17 heavy (non-hydrogen) atoms. The number of ether oxygens (including phenoxy) is 2. The predicted molar refractivity (Wildman–Crippen MR) is 60.4 cm³/mol. The number of hydrogen-bond acceptors (Lipinski definition) is 5. The Labute approximate surface area is 100 Å². The molecule has 7 heteroatoms. The fourth-order valence-electron chi connectivity index (χ4n) is 1.50. The third kappa shape index (κ3) is 4.58. The normalized spacial score (nSPS) is 19.3. The van der Waals surface area contributed by atoms with E-state index in [1.54, 1.807) is 7.11 Å². The molecular formula is C10H19N3O4. The minimum atomic E-state index is -0.479. The van der Waals surface area contributed by atoms with Crippen molar-refractivity contribution >= 4 is 12.0 Å². The maximum absolute atomic E-state index is 11.5. The number of rotatable bonds is 7. The zero-order valence-electron chi connectivity index (χ0n) is 9.98. The molecule has 1 saturated heterocycles. The Kier molecular flexibility index (Phi) is 5.71. The SMILES string of the molecule is COCCCNC(=O)CN1CC(CN)OC1=O. The number of amides is 2. The average molecular weight is 245 g/mol. The van der Waals surface area contributed by atoms with Crippen molar-refractivity contribution in [3.63, 3.8) is 0 Å². The number of cyclic esters (lactones) is 1. The van der Waals surface area contributed by atoms with Crippen LogP contribution >= 0.6 is 0 Å². The number of carbonyl (C=O) groups is 2. The molecule has 7 nitrogen and oxygen atoms in total. The smallest absolute Gasteiger partial charge is 0.410 e. The molecule has 0 spiro atoms. The molecule has 1 heterocycles. The third-order valence-corrected chi connectivity index (χ3v) is 2.39. The molecule has 98 valence electrons. The van der Waals surface area contributed by atoms with Crippen molar-refractivity contribution in [1.82, 2.24) is 10.2 Å². The molecule has 0 aromatic carbocycles. The first-order chi connectivity index (χ1) is 8.17. The summed E-state index contributed by atoms with van der Waals surface area (Å²) in [6.07, 6.45) is -0.0331. The van der Waals surface area contributed by atoms with Gasteiger partial charge in [-0.25, -0.2) is 4.79 Å². The summed E-state index contributed by atoms with van der Waals surface area (Å²) < 4.78 is 9.78. The summed E-state index contributed by atoms with van der Waals surface area (Å²) in [4.78, 5) is 24.1. The number of carbonyl (C=O) groups excluding carboxylic acids is 2. The zero-order valence-corrected chi connectivity index (χ0v) is 9.98. The van der Waals surface area contributed by atoms with Crippen LogP contribution in [0.5, 0.6) is 0 Å². The van der Waals surface area contributed by atoms with Gasteiger partial charge < -0.3 is 20.5 Å². The quantitative estimate of drug-likeness (QED) is 0.556. The molecule has 0 aromatic heterocycles. The van der Waals surface area contributed by atoms with E-state index in [1.165, 1.54) is 4.90 Å². The molecule has 1 rings (SSSR count). The van der Waals surface area contributed by atoms with Gasteiger partial charge in [0.2, 0.25) is 5.91 Å². The maximum Gasteiger partial charge on any atom is 0.410 e. The van der Waals surface area contributed by atoms with Crippen LogP contribution in [0.2, 0.25) is 0 Å². The Morgan fingerprint density at radius 3 is 3.06 bits per heavy atom. The van der Waals surface area contributed by atoms with E-state index in [1.807, 2.05) is 0 Å². The largest absolute Gasteiger partial charge is 0.443 e. The first kappa shape index (κ1) is 13.7. The van der Waals surface area contributed by atoms with Crippen LogP contribution in [0.25, 0.3) is 0 Å². The molecule has 1 atom stereocenters. The summed E-state index contributed by atoms with van der Waals surface area (Å²) in [5, 5.41) is 2.70. The second kappa shape index (κ2) is 7.08. The van der Waals surface area contributed by atoms with Crippen molar-refractivity contribution in [3.05, 3.63) is 0 Å². The van der Waals surface area contributed by atoms with Crippen LogP contribution in [-0.2, 0) is 14.3 Å². The molecule has 0 radical (unpaired) electrons. The van der Waals surface area contributed by atoms with Crippen molar-refractivity contribution in [3.8, 4) is 0 Å². The summed E-state index contributed by atoms with van der Waals surface area (Å²) in [6.45, 7) is 1.80. The second-order valence-electron chi connectivity index (χ2n) is 3.82. The van der Waals surface area contributed by atoms with Crippen molar-refractivity contribution in [2.75, 3.05) is 39.9 Å². The highest BCUT2D eigenvalue weighted by Gasteiger charge is 2.31. The highest BCUT2D eigenvalue weighted by atomic mass is 16.6. The summed E-state index contributed by atoms with van der Waals surface area (Å²) in [7, 11) is 1.61. The van der Waals surface area contributed by atoms with Gasteiger partial charge in [0.25, 0.3) is 0 Å². The van der Waals surface area contributed by atoms with E-state index in [0.717, 1.165) is 6.42 Å². The summed E-state index contributed by atoms with van der Waals surface area (Å²) in [6, 6.07) is 0. The molecule has 1 aliphatic rings. The van der Waals surface area contributed by atoms with Gasteiger partial charge in [0, 0.05) is 26.8 Å². The predicted octanol–water partition coefficient (Wildman–Crippen LogP) is -1.08. The van der Waals surface area contributed by atoms with Crippen LogP contribution < -0.4 is 11.1 Å². The second-order valence-corrected chi connectivity index (χ2v) is 3.82. The average Bonchev–Trinajstić information content (AvgIpc) is 2.66. The van der Waals surface area contributed by atoms with Crippen LogP contribution in [0.4, 0.5) is 4.79 Å². The molecular weight excluding hydrogens is 226 g/mol. The van der Waals surface area contributed by atoms with Crippen LogP contribution in [-0.4, -0.2) is 62.9 Å². The third-order valence-electron chi connectivity index (χ3n) is 2.39. The van der Waals surface area contributed by atoms with Gasteiger partial charge in [0.05, 0.1) is 6.54 Å². The van der Waals surface area contributed by atoms with Crippen molar-refractivity contribution in [2.45, 2.75) is 12.5 Å². The molecule has 0 aromatic rings. The van der Waals surface area contributed by atoms with E-state index in [2.05, 4.69) is 5.32 Å². The van der Waals surface area contributed by atoms with Gasteiger partial charge >= 0.3 is 6.09 Å². The Balaban J connectivity index is 2.20. The van der Waals surface area contributed by atoms with Crippen LogP contribution in [0.3, 0.4) is 0 Å². The number of nitrogens with zero attached hydrogens (tertiary/aromatic N) is 1. The van der Waals surface area contributed by atoms with Gasteiger partial charge in [0.1, 0.15) is 12.6 Å². The monoisotopic (exact) mass is 245 g/mol. The first-order valence-corrected chi connectivity index (χ1v) is 5.58. The molecule has 1 unspecified atom stereocenters. The maximum atomic E-state index is 11.5. The van der Waals surface area contributed by atoms with Crippen molar-refractivity contribution < 1.29 is 19.1 Å². The Morgan fingerprint density at radius 1 is 1.71 bits per heavy atom. The fraction of sp³-hybridized carbons (Fsp3) is 0.800. The highest BCUT2D eigenvalue weighted by Crippen LogP contribution is 2.09. The topological polar surface area (TPSA) is 93.9 Å². The molecule has 3 N–H and O–H groups in total. The molecule has 1 aliphatic heterocycles. The minimum Gasteiger partial charge on any atom is -0.443 e. The summed E-state index contributed by atoms with van der Waals surface area (Å²) in [5.41, 5.74) is 5.38. The Hall–Kier alpha value is -1.34. The lowest BCUT2D eigenvalue weighted by atomic mass is 10.3. The highest BCUT2D eigenvalue weighted by molar-refractivity contribution is 5.82. The Morgan fingerprint density at radius 2 is 2.47 bits per heavy atom. The first-order valence-electron chi connectivity index (χ1n) is 5.58. The van der Waals surface area contributed by atoms with Gasteiger partial charge in [0.15, 0.2) is 0 Å². The lowest BCUT2D eigenvalue weighted by molar-refractivity contribution is -0.121. The van der Waals surface area contributed by atoms with Crippen LogP contribution in [0, 0.1) is 0 Å². The van der Waals surface area contributed by atoms with E-state index >= 15 is 0 Å². The van der Waals surface area contributed by atoms with E-state index in [4.69, 9.17) is 15.2 Å². The minimum absolute atomic E-state index is 0.0162. The molecule has 1 fully saturated rings. The van der Waals surface area contributed by atoms with Crippen LogP contribution in [0.15, 0.2) is 0 Å². The van der Waals surface area contributed by atoms with Gasteiger partial charge in [-0.3, -0.25) is 9.69 Å². The van der Waals surface area contributed by atoms with Gasteiger partial charge in [-0.05, 0) is 6.42 Å². The van der Waals surface area contributed by atoms with Crippen molar-refractivity contribution in [2.24, 2.45) is 5.73 Å². The standard InChI is InChI=1S/C10H19N3O4/c1-16-4-2-3-12-9(14)7-13-6-8(5-11)17-10(13)15/h8H,2-7,11H2,1H3,(H,12,14). The van der Waals surface area contributed by atoms with Crippen LogP contribution in [0.1, 0.15) is 6.42 Å². The number of nitrogens with two attached hydrogens (primary N) is 1. The molecule has 0 aliphatic carbocycles. The summed E-state index contributed by atoms with van der Waals surface area (Å²) >= 11 is 0. The number of hydrogen-bond donors (Lipinski definition) is 2. The van der Waals surface area contributed by atoms with E-state index < -0.39 is 6.09 Å². The van der Waals surface area contributed by atoms with Gasteiger partial charge in [-0.1, -0.05) is 0 Å². The molecule has 2 amide bonds. The Bertz CT molecular complexity index is 272. The lowest BCUT2D eigenvalue weighted by Crippen LogP contribution is -2.38. The van der Waals surface area contributed by atoms with Gasteiger partial charge in [-0.2, -0.15) is 0 Å². The summed E-state index contributed by atoms with van der Waals surface area (Å²) in [5.74, 6) is -0.198.